The molecule has 2 aliphatic rings. The molecule has 1 N–H and O–H groups in total. The molecule has 0 bridgehead atoms. The molecule has 6 nitrogen and oxygen atoms in total. The minimum atomic E-state index is -1.06. The predicted octanol–water partition coefficient (Wildman–Crippen LogP) is 1.29. The molecule has 21 heavy (non-hydrogen) atoms. The number of carbonyl (C=O) groups is 3. The molecule has 0 spiro atoms. The molecule has 0 aromatic carbocycles. The van der Waals surface area contributed by atoms with E-state index in [1.165, 1.54) is 4.90 Å². The highest BCUT2D eigenvalue weighted by Gasteiger charge is 2.53. The van der Waals surface area contributed by atoms with Gasteiger partial charge in [-0.1, -0.05) is 13.8 Å². The van der Waals surface area contributed by atoms with Crippen molar-refractivity contribution in [1.29, 1.82) is 0 Å². The summed E-state index contributed by atoms with van der Waals surface area (Å²) in [6, 6.07) is 0. The van der Waals surface area contributed by atoms with Crippen molar-refractivity contribution >= 4 is 17.8 Å². The van der Waals surface area contributed by atoms with Gasteiger partial charge in [-0.25, -0.2) is 0 Å². The number of nitrogens with zero attached hydrogens (tertiary/aromatic N) is 1. The summed E-state index contributed by atoms with van der Waals surface area (Å²) >= 11 is 0. The van der Waals surface area contributed by atoms with Gasteiger partial charge in [0.25, 0.3) is 0 Å². The molecule has 118 valence electrons. The normalized spacial score (nSPS) is 29.2. The first kappa shape index (κ1) is 15.9. The van der Waals surface area contributed by atoms with Crippen LogP contribution in [0.4, 0.5) is 0 Å². The van der Waals surface area contributed by atoms with Crippen LogP contribution >= 0.6 is 0 Å². The third-order valence-corrected chi connectivity index (χ3v) is 5.19. The van der Waals surface area contributed by atoms with Crippen molar-refractivity contribution in [3.8, 4) is 0 Å². The third-order valence-electron chi connectivity index (χ3n) is 5.19. The van der Waals surface area contributed by atoms with Gasteiger partial charge in [-0.2, -0.15) is 0 Å². The highest BCUT2D eigenvalue weighted by molar-refractivity contribution is 6.06. The SMILES string of the molecule is CC(C)C1(C)CC(=O)N(CC2(C(=O)O)CCOCC2)C1=O. The van der Waals surface area contributed by atoms with E-state index in [1.54, 1.807) is 6.92 Å². The van der Waals surface area contributed by atoms with Gasteiger partial charge < -0.3 is 9.84 Å². The van der Waals surface area contributed by atoms with Crippen LogP contribution in [0.5, 0.6) is 0 Å². The molecule has 2 heterocycles. The number of aliphatic carboxylic acids is 1. The van der Waals surface area contributed by atoms with Gasteiger partial charge >= 0.3 is 5.97 Å². The minimum absolute atomic E-state index is 0.0360. The molecule has 2 rings (SSSR count). The molecule has 2 fully saturated rings. The van der Waals surface area contributed by atoms with Gasteiger partial charge in [0.15, 0.2) is 0 Å². The van der Waals surface area contributed by atoms with E-state index in [0.29, 0.717) is 26.1 Å². The molecule has 0 aromatic heterocycles. The van der Waals surface area contributed by atoms with E-state index in [4.69, 9.17) is 4.74 Å². The lowest BCUT2D eigenvalue weighted by molar-refractivity contribution is -0.159. The fraction of sp³-hybridized carbons (Fsp3) is 0.800. The van der Waals surface area contributed by atoms with Crippen LogP contribution in [0.3, 0.4) is 0 Å². The lowest BCUT2D eigenvalue weighted by Gasteiger charge is -2.36. The Labute approximate surface area is 124 Å². The van der Waals surface area contributed by atoms with Crippen LogP contribution in [-0.2, 0) is 19.1 Å². The Hall–Kier alpha value is -1.43. The molecule has 1 unspecified atom stereocenters. The van der Waals surface area contributed by atoms with Crippen LogP contribution < -0.4 is 0 Å². The Balaban J connectivity index is 2.24. The van der Waals surface area contributed by atoms with Crippen LogP contribution in [0.1, 0.15) is 40.0 Å². The maximum absolute atomic E-state index is 12.6. The topological polar surface area (TPSA) is 83.9 Å². The molecule has 0 aromatic rings. The quantitative estimate of drug-likeness (QED) is 0.790. The molecule has 0 aliphatic carbocycles. The van der Waals surface area contributed by atoms with Gasteiger partial charge in [0.1, 0.15) is 0 Å². The van der Waals surface area contributed by atoms with Gasteiger partial charge in [-0.3, -0.25) is 19.3 Å². The van der Waals surface area contributed by atoms with Crippen LogP contribution in [0.15, 0.2) is 0 Å². The molecule has 2 amide bonds. The highest BCUT2D eigenvalue weighted by Crippen LogP contribution is 2.42. The van der Waals surface area contributed by atoms with E-state index in [9.17, 15) is 19.5 Å². The fourth-order valence-electron chi connectivity index (χ4n) is 3.02. The molecule has 1 atom stereocenters. The Kier molecular flexibility index (Phi) is 4.10. The van der Waals surface area contributed by atoms with Crippen molar-refractivity contribution in [2.75, 3.05) is 19.8 Å². The van der Waals surface area contributed by atoms with E-state index < -0.39 is 16.8 Å². The van der Waals surface area contributed by atoms with E-state index in [2.05, 4.69) is 0 Å². The highest BCUT2D eigenvalue weighted by atomic mass is 16.5. The molecular formula is C15H23NO5. The lowest BCUT2D eigenvalue weighted by atomic mass is 9.77. The maximum atomic E-state index is 12.6. The zero-order valence-corrected chi connectivity index (χ0v) is 12.8. The number of carbonyl (C=O) groups excluding carboxylic acids is 2. The molecule has 6 heteroatoms. The summed E-state index contributed by atoms with van der Waals surface area (Å²) in [5.74, 6) is -1.42. The standard InChI is InChI=1S/C15H23NO5/c1-10(2)14(3)8-11(17)16(12(14)18)9-15(13(19)20)4-6-21-7-5-15/h10H,4-9H2,1-3H3,(H,19,20). The number of ether oxygens (including phenoxy) is 1. The number of amides is 2. The zero-order valence-electron chi connectivity index (χ0n) is 12.8. The minimum Gasteiger partial charge on any atom is -0.481 e. The Bertz CT molecular complexity index is 467. The summed E-state index contributed by atoms with van der Waals surface area (Å²) < 4.78 is 5.22. The fourth-order valence-corrected chi connectivity index (χ4v) is 3.02. The van der Waals surface area contributed by atoms with Crippen LogP contribution in [-0.4, -0.2) is 47.5 Å². The number of likely N-dealkylation sites (tertiary alicyclic amines) is 1. The number of hydrogen-bond acceptors (Lipinski definition) is 4. The van der Waals surface area contributed by atoms with Crippen LogP contribution in [0, 0.1) is 16.7 Å². The van der Waals surface area contributed by atoms with Gasteiger partial charge in [0.05, 0.1) is 10.8 Å². The first-order valence-electron chi connectivity index (χ1n) is 7.39. The average molecular weight is 297 g/mol. The largest absolute Gasteiger partial charge is 0.481 e. The van der Waals surface area contributed by atoms with Crippen molar-refractivity contribution in [1.82, 2.24) is 4.90 Å². The Morgan fingerprint density at radius 1 is 1.33 bits per heavy atom. The first-order chi connectivity index (χ1) is 9.73. The zero-order chi connectivity index (χ0) is 15.8. The molecule has 2 aliphatic heterocycles. The van der Waals surface area contributed by atoms with Crippen molar-refractivity contribution in [3.63, 3.8) is 0 Å². The van der Waals surface area contributed by atoms with E-state index in [1.807, 2.05) is 13.8 Å². The number of rotatable bonds is 4. The van der Waals surface area contributed by atoms with Crippen LogP contribution in [0.25, 0.3) is 0 Å². The van der Waals surface area contributed by atoms with E-state index in [0.717, 1.165) is 0 Å². The number of carboxylic acid groups (broad SMARTS) is 1. The third kappa shape index (κ3) is 2.57. The monoisotopic (exact) mass is 297 g/mol. The second-order valence-electron chi connectivity index (χ2n) is 6.73. The Morgan fingerprint density at radius 3 is 2.33 bits per heavy atom. The summed E-state index contributed by atoms with van der Waals surface area (Å²) in [4.78, 5) is 37.7. The number of hydrogen-bond donors (Lipinski definition) is 1. The summed E-state index contributed by atoms with van der Waals surface area (Å²) in [5, 5.41) is 9.56. The molecule has 2 saturated heterocycles. The summed E-state index contributed by atoms with van der Waals surface area (Å²) in [6.45, 7) is 6.28. The second-order valence-corrected chi connectivity index (χ2v) is 6.73. The molecule has 0 saturated carbocycles. The van der Waals surface area contributed by atoms with Crippen molar-refractivity contribution < 1.29 is 24.2 Å². The summed E-state index contributed by atoms with van der Waals surface area (Å²) in [5.41, 5.74) is -1.78. The van der Waals surface area contributed by atoms with Crippen molar-refractivity contribution in [2.45, 2.75) is 40.0 Å². The second kappa shape index (κ2) is 5.40. The van der Waals surface area contributed by atoms with Crippen LogP contribution in [0.2, 0.25) is 0 Å². The maximum Gasteiger partial charge on any atom is 0.311 e. The van der Waals surface area contributed by atoms with E-state index in [-0.39, 0.29) is 30.7 Å². The van der Waals surface area contributed by atoms with Crippen molar-refractivity contribution in [2.24, 2.45) is 16.7 Å². The van der Waals surface area contributed by atoms with Gasteiger partial charge in [0, 0.05) is 26.2 Å². The Morgan fingerprint density at radius 2 is 1.90 bits per heavy atom. The number of carboxylic acids is 1. The van der Waals surface area contributed by atoms with Crippen molar-refractivity contribution in [3.05, 3.63) is 0 Å². The van der Waals surface area contributed by atoms with Gasteiger partial charge in [-0.15, -0.1) is 0 Å². The van der Waals surface area contributed by atoms with E-state index >= 15 is 0 Å². The first-order valence-corrected chi connectivity index (χ1v) is 7.39. The lowest BCUT2D eigenvalue weighted by Crippen LogP contribution is -2.49. The average Bonchev–Trinajstić information content (AvgIpc) is 2.64. The predicted molar refractivity (Wildman–Crippen MR) is 74.4 cm³/mol. The number of imide groups is 1. The molecule has 0 radical (unpaired) electrons. The van der Waals surface area contributed by atoms with Gasteiger partial charge in [0.2, 0.25) is 11.8 Å². The smallest absolute Gasteiger partial charge is 0.311 e. The molecular weight excluding hydrogens is 274 g/mol. The summed E-state index contributed by atoms with van der Waals surface area (Å²) in [7, 11) is 0. The van der Waals surface area contributed by atoms with Gasteiger partial charge in [-0.05, 0) is 25.7 Å². The summed E-state index contributed by atoms with van der Waals surface area (Å²) in [6.07, 6.45) is 0.825.